The Balaban J connectivity index is 1.45. The van der Waals surface area contributed by atoms with Gasteiger partial charge >= 0.3 is 18.5 Å². The van der Waals surface area contributed by atoms with Gasteiger partial charge in [-0.2, -0.15) is 17.6 Å². The molecule has 0 bridgehead atoms. The summed E-state index contributed by atoms with van der Waals surface area (Å²) in [5, 5.41) is 0. The van der Waals surface area contributed by atoms with E-state index in [0.717, 1.165) is 42.0 Å². The van der Waals surface area contributed by atoms with Crippen molar-refractivity contribution in [3.8, 4) is 28.4 Å². The fourth-order valence-corrected chi connectivity index (χ4v) is 4.17. The summed E-state index contributed by atoms with van der Waals surface area (Å²) >= 11 is 0. The first-order valence-corrected chi connectivity index (χ1v) is 12.7. The summed E-state index contributed by atoms with van der Waals surface area (Å²) in [5.74, 6) is -2.06. The Morgan fingerprint density at radius 2 is 1.56 bits per heavy atom. The molecule has 0 aromatic heterocycles. The van der Waals surface area contributed by atoms with E-state index in [1.165, 1.54) is 18.2 Å². The molecule has 0 radical (unpaired) electrons. The molecule has 0 unspecified atom stereocenters. The van der Waals surface area contributed by atoms with Crippen LogP contribution in [0.1, 0.15) is 31.8 Å². The fourth-order valence-electron chi connectivity index (χ4n) is 4.17. The molecule has 0 saturated heterocycles. The minimum Gasteiger partial charge on any atom is -0.493 e. The Kier molecular flexibility index (Phi) is 9.03. The third-order valence-electron chi connectivity index (χ3n) is 6.38. The van der Waals surface area contributed by atoms with Crippen LogP contribution in [0.5, 0.6) is 17.2 Å². The molecule has 0 saturated carbocycles. The molecule has 222 valence electrons. The van der Waals surface area contributed by atoms with E-state index in [4.69, 9.17) is 20.9 Å². The van der Waals surface area contributed by atoms with E-state index in [-0.39, 0.29) is 22.8 Å². The van der Waals surface area contributed by atoms with Gasteiger partial charge in [0.25, 0.3) is 0 Å². The molecule has 0 aliphatic carbocycles. The average Bonchev–Trinajstić information content (AvgIpc) is 2.97. The quantitative estimate of drug-likeness (QED) is 0.0499. The normalized spacial score (nSPS) is 11.5. The van der Waals surface area contributed by atoms with Crippen LogP contribution in [0.15, 0.2) is 84.9 Å². The zero-order valence-electron chi connectivity index (χ0n) is 22.9. The van der Waals surface area contributed by atoms with E-state index in [1.807, 2.05) is 25.1 Å². The molecule has 0 fully saturated rings. The van der Waals surface area contributed by atoms with Gasteiger partial charge in [-0.1, -0.05) is 36.4 Å². The average molecular weight is 595 g/mol. The van der Waals surface area contributed by atoms with E-state index in [9.17, 15) is 27.2 Å². The fraction of sp³-hybridized carbons (Fsp3) is 0.125. The molecule has 4 aromatic carbocycles. The largest absolute Gasteiger partial charge is 0.493 e. The maximum atomic E-state index is 13.3. The van der Waals surface area contributed by atoms with E-state index in [1.54, 1.807) is 36.4 Å². The first-order chi connectivity index (χ1) is 20.4. The number of ketones is 1. The van der Waals surface area contributed by atoms with Crippen LogP contribution in [-0.4, -0.2) is 31.4 Å². The van der Waals surface area contributed by atoms with Crippen molar-refractivity contribution < 1.29 is 41.4 Å². The van der Waals surface area contributed by atoms with E-state index in [2.05, 4.69) is 4.74 Å². The number of halogens is 4. The Labute approximate surface area is 244 Å². The van der Waals surface area contributed by atoms with Gasteiger partial charge in [-0.3, -0.25) is 4.79 Å². The number of nitrogens with two attached hydrogens (primary N) is 2. The topological polar surface area (TPSA) is 114 Å². The summed E-state index contributed by atoms with van der Waals surface area (Å²) in [6, 6.07) is 20.0. The van der Waals surface area contributed by atoms with Crippen molar-refractivity contribution in [2.75, 3.05) is 18.6 Å². The summed E-state index contributed by atoms with van der Waals surface area (Å²) in [4.78, 5) is 25.7. The summed E-state index contributed by atoms with van der Waals surface area (Å²) in [7, 11) is 1.10. The van der Waals surface area contributed by atoms with E-state index >= 15 is 0 Å². The highest BCUT2D eigenvalue weighted by molar-refractivity contribution is 6.12. The van der Waals surface area contributed by atoms with Crippen molar-refractivity contribution in [1.29, 1.82) is 0 Å². The van der Waals surface area contributed by atoms with Crippen molar-refractivity contribution in [2.45, 2.75) is 19.5 Å². The molecule has 4 N–H and O–H groups in total. The lowest BCUT2D eigenvalue weighted by molar-refractivity contribution is -0.253. The highest BCUT2D eigenvalue weighted by Crippen LogP contribution is 2.35. The van der Waals surface area contributed by atoms with Gasteiger partial charge in [0.05, 0.1) is 12.7 Å². The number of hydrogen-bond acceptors (Lipinski definition) is 7. The van der Waals surface area contributed by atoms with Crippen molar-refractivity contribution in [2.24, 2.45) is 0 Å². The molecule has 0 aliphatic rings. The van der Waals surface area contributed by atoms with Crippen LogP contribution in [-0.2, 0) is 0 Å². The third-order valence-corrected chi connectivity index (χ3v) is 6.38. The molecule has 0 aliphatic heterocycles. The van der Waals surface area contributed by atoms with Gasteiger partial charge in [-0.15, -0.1) is 0 Å². The van der Waals surface area contributed by atoms with Crippen LogP contribution in [0.25, 0.3) is 17.2 Å². The Bertz CT molecular complexity index is 1670. The number of methoxy groups -OCH3 is 1. The van der Waals surface area contributed by atoms with Gasteiger partial charge in [-0.05, 0) is 83.8 Å². The molecule has 4 rings (SSSR count). The van der Waals surface area contributed by atoms with Crippen LogP contribution in [0.3, 0.4) is 0 Å². The number of anilines is 2. The van der Waals surface area contributed by atoms with Crippen molar-refractivity contribution in [1.82, 2.24) is 0 Å². The van der Waals surface area contributed by atoms with Crippen LogP contribution in [0.2, 0.25) is 0 Å². The molecule has 11 heteroatoms. The third kappa shape index (κ3) is 7.13. The Hall–Kier alpha value is -5.32. The second-order valence-electron chi connectivity index (χ2n) is 9.31. The molecular weight excluding hydrogens is 568 g/mol. The van der Waals surface area contributed by atoms with Gasteiger partial charge in [0.15, 0.2) is 17.3 Å². The number of benzene rings is 4. The number of ether oxygens (including phenoxy) is 3. The van der Waals surface area contributed by atoms with E-state index in [0.29, 0.717) is 22.5 Å². The molecule has 0 amide bonds. The van der Waals surface area contributed by atoms with Crippen LogP contribution < -0.4 is 25.7 Å². The number of carbonyl (C=O) groups excluding carboxylic acids is 2. The van der Waals surface area contributed by atoms with Gasteiger partial charge in [0.2, 0.25) is 0 Å². The number of alkyl halides is 4. The first kappa shape index (κ1) is 30.6. The molecule has 0 atom stereocenters. The zero-order chi connectivity index (χ0) is 31.3. The number of esters is 1. The monoisotopic (exact) mass is 594 g/mol. The molecule has 0 heterocycles. The zero-order valence-corrected chi connectivity index (χ0v) is 22.9. The standard InChI is InChI=1S/C32H26F4N2O5/c1-18-24(20-6-9-22(37)10-7-20)13-14-25(38)29(18)26(39)15-5-19-3-11-23(12-4-19)42-30(40)21-8-16-27(28(17-21)41-2)43-32(35,36)31(33)34/h3-17,31H,37-38H2,1-2H3/b15-5+. The SMILES string of the molecule is COc1cc(C(=O)Oc2ccc(/C=C/C(=O)c3c(N)ccc(-c4ccc(N)cc4)c3C)cc2)ccc1OC(F)(F)C(F)F. The predicted molar refractivity (Wildman–Crippen MR) is 155 cm³/mol. The number of carbonyl (C=O) groups is 2. The van der Waals surface area contributed by atoms with Gasteiger partial charge < -0.3 is 25.7 Å². The second-order valence-corrected chi connectivity index (χ2v) is 9.31. The summed E-state index contributed by atoms with van der Waals surface area (Å²) in [6.07, 6.45) is -5.84. The molecule has 7 nitrogen and oxygen atoms in total. The van der Waals surface area contributed by atoms with Crippen molar-refractivity contribution in [3.63, 3.8) is 0 Å². The summed E-state index contributed by atoms with van der Waals surface area (Å²) in [5.41, 5.74) is 16.3. The maximum Gasteiger partial charge on any atom is 0.461 e. The second kappa shape index (κ2) is 12.7. The molecule has 4 aromatic rings. The smallest absolute Gasteiger partial charge is 0.461 e. The number of nitrogen functional groups attached to an aromatic ring is 2. The summed E-state index contributed by atoms with van der Waals surface area (Å²) in [6.45, 7) is 1.82. The lowest BCUT2D eigenvalue weighted by Crippen LogP contribution is -2.33. The molecule has 0 spiro atoms. The van der Waals surface area contributed by atoms with Gasteiger partial charge in [0.1, 0.15) is 5.75 Å². The molecule has 43 heavy (non-hydrogen) atoms. The lowest BCUT2D eigenvalue weighted by atomic mass is 9.93. The van der Waals surface area contributed by atoms with Crippen molar-refractivity contribution >= 4 is 29.2 Å². The van der Waals surface area contributed by atoms with Gasteiger partial charge in [-0.25, -0.2) is 4.79 Å². The highest BCUT2D eigenvalue weighted by atomic mass is 19.3. The van der Waals surface area contributed by atoms with Crippen LogP contribution in [0.4, 0.5) is 28.9 Å². The molecular formula is C32H26F4N2O5. The Morgan fingerprint density at radius 1 is 0.884 bits per heavy atom. The summed E-state index contributed by atoms with van der Waals surface area (Å²) < 4.78 is 65.8. The number of hydrogen-bond donors (Lipinski definition) is 2. The minimum atomic E-state index is -4.75. The number of allylic oxidation sites excluding steroid dienone is 1. The lowest BCUT2D eigenvalue weighted by Gasteiger charge is -2.18. The van der Waals surface area contributed by atoms with Crippen LogP contribution in [0, 0.1) is 6.92 Å². The predicted octanol–water partition coefficient (Wildman–Crippen LogP) is 7.19. The van der Waals surface area contributed by atoms with E-state index < -0.39 is 24.3 Å². The maximum absolute atomic E-state index is 13.3. The van der Waals surface area contributed by atoms with Crippen LogP contribution >= 0.6 is 0 Å². The number of rotatable bonds is 10. The minimum absolute atomic E-state index is 0.103. The van der Waals surface area contributed by atoms with Gasteiger partial charge in [0, 0.05) is 16.9 Å². The Morgan fingerprint density at radius 3 is 2.19 bits per heavy atom. The van der Waals surface area contributed by atoms with Crippen molar-refractivity contribution in [3.05, 3.63) is 107 Å². The highest BCUT2D eigenvalue weighted by Gasteiger charge is 2.44. The first-order valence-electron chi connectivity index (χ1n) is 12.7.